The molecule has 0 aliphatic carbocycles. The molecule has 1 aliphatic rings. The lowest BCUT2D eigenvalue weighted by molar-refractivity contribution is -0.134. The molecule has 2 amide bonds. The smallest absolute Gasteiger partial charge is 0.313 e. The third-order valence-corrected chi connectivity index (χ3v) is 5.99. The predicted molar refractivity (Wildman–Crippen MR) is 131 cm³/mol. The van der Waals surface area contributed by atoms with E-state index in [1.165, 1.54) is 7.11 Å². The molecule has 0 bridgehead atoms. The molecule has 0 unspecified atom stereocenters. The number of benzene rings is 3. The molecular formula is C28H21NO7. The Morgan fingerprint density at radius 1 is 0.917 bits per heavy atom. The molecule has 8 nitrogen and oxygen atoms in total. The van der Waals surface area contributed by atoms with Gasteiger partial charge in [-0.15, -0.1) is 0 Å². The molecule has 4 aromatic rings. The third-order valence-electron chi connectivity index (χ3n) is 5.99. The number of esters is 1. The van der Waals surface area contributed by atoms with Crippen molar-refractivity contribution in [1.82, 2.24) is 4.90 Å². The van der Waals surface area contributed by atoms with E-state index in [0.717, 1.165) is 10.5 Å². The molecule has 0 atom stereocenters. The van der Waals surface area contributed by atoms with Crippen LogP contribution in [-0.2, 0) is 4.79 Å². The summed E-state index contributed by atoms with van der Waals surface area (Å²) in [5, 5.41) is 0.274. The van der Waals surface area contributed by atoms with E-state index in [-0.39, 0.29) is 29.9 Å². The number of nitrogens with zero attached hydrogens (tertiary/aromatic N) is 1. The van der Waals surface area contributed by atoms with E-state index in [4.69, 9.17) is 13.9 Å². The van der Waals surface area contributed by atoms with Crippen LogP contribution in [0.5, 0.6) is 11.5 Å². The van der Waals surface area contributed by atoms with Gasteiger partial charge in [-0.2, -0.15) is 0 Å². The summed E-state index contributed by atoms with van der Waals surface area (Å²) in [4.78, 5) is 52.4. The number of hydrogen-bond donors (Lipinski definition) is 0. The predicted octanol–water partition coefficient (Wildman–Crippen LogP) is 4.37. The second-order valence-corrected chi connectivity index (χ2v) is 8.35. The number of amides is 2. The van der Waals surface area contributed by atoms with Gasteiger partial charge in [-0.1, -0.05) is 23.8 Å². The van der Waals surface area contributed by atoms with Crippen molar-refractivity contribution in [2.24, 2.45) is 0 Å². The van der Waals surface area contributed by atoms with Crippen molar-refractivity contribution < 1.29 is 28.3 Å². The van der Waals surface area contributed by atoms with Crippen LogP contribution in [0.15, 0.2) is 75.9 Å². The highest BCUT2D eigenvalue weighted by molar-refractivity contribution is 6.21. The molecule has 8 heteroatoms. The minimum Gasteiger partial charge on any atom is -0.497 e. The Balaban J connectivity index is 1.45. The van der Waals surface area contributed by atoms with E-state index in [9.17, 15) is 19.2 Å². The average molecular weight is 483 g/mol. The molecule has 0 saturated heterocycles. The van der Waals surface area contributed by atoms with Gasteiger partial charge in [-0.05, 0) is 55.5 Å². The Hall–Kier alpha value is -4.72. The number of imide groups is 1. The van der Waals surface area contributed by atoms with Gasteiger partial charge in [0.1, 0.15) is 11.3 Å². The number of carbonyl (C=O) groups is 3. The van der Waals surface area contributed by atoms with E-state index >= 15 is 0 Å². The number of methoxy groups -OCH3 is 1. The first-order valence-electron chi connectivity index (χ1n) is 11.2. The van der Waals surface area contributed by atoms with Crippen molar-refractivity contribution in [1.29, 1.82) is 0 Å². The average Bonchev–Trinajstić information content (AvgIpc) is 3.14. The van der Waals surface area contributed by atoms with Crippen molar-refractivity contribution in [2.75, 3.05) is 13.7 Å². The first kappa shape index (κ1) is 23.0. The summed E-state index contributed by atoms with van der Waals surface area (Å²) in [5.41, 5.74) is 1.79. The molecule has 1 aliphatic heterocycles. The van der Waals surface area contributed by atoms with Crippen LogP contribution in [0.4, 0.5) is 0 Å². The minimum atomic E-state index is -0.777. The first-order chi connectivity index (χ1) is 17.4. The second kappa shape index (κ2) is 9.14. The van der Waals surface area contributed by atoms with Gasteiger partial charge in [-0.3, -0.25) is 24.1 Å². The van der Waals surface area contributed by atoms with Crippen LogP contribution in [0.2, 0.25) is 0 Å². The van der Waals surface area contributed by atoms with Gasteiger partial charge >= 0.3 is 5.97 Å². The molecule has 3 aromatic carbocycles. The Bertz CT molecular complexity index is 1550. The second-order valence-electron chi connectivity index (χ2n) is 8.35. The van der Waals surface area contributed by atoms with E-state index < -0.39 is 23.2 Å². The molecule has 0 spiro atoms. The SMILES string of the molecule is COc1ccc(-c2oc3ccc(C)cc3c(=O)c2OC(=O)CCN2C(=O)c3ccccc3C2=O)cc1. The lowest BCUT2D eigenvalue weighted by Crippen LogP contribution is -2.32. The van der Waals surface area contributed by atoms with Crippen LogP contribution in [0.3, 0.4) is 0 Å². The Kier molecular flexibility index (Phi) is 5.85. The number of hydrogen-bond acceptors (Lipinski definition) is 7. The maximum absolute atomic E-state index is 13.4. The number of carbonyl (C=O) groups excluding carboxylic acids is 3. The van der Waals surface area contributed by atoms with Gasteiger partial charge in [0.25, 0.3) is 11.8 Å². The molecule has 2 heterocycles. The van der Waals surface area contributed by atoms with Crippen LogP contribution in [0.25, 0.3) is 22.3 Å². The van der Waals surface area contributed by atoms with Crippen LogP contribution >= 0.6 is 0 Å². The number of fused-ring (bicyclic) bond motifs is 2. The van der Waals surface area contributed by atoms with E-state index in [1.807, 2.05) is 13.0 Å². The number of aryl methyl sites for hydroxylation is 1. The van der Waals surface area contributed by atoms with Crippen molar-refractivity contribution in [3.8, 4) is 22.8 Å². The van der Waals surface area contributed by atoms with Gasteiger partial charge in [0, 0.05) is 12.1 Å². The molecule has 1 aromatic heterocycles. The van der Waals surface area contributed by atoms with Crippen molar-refractivity contribution in [2.45, 2.75) is 13.3 Å². The Labute approximate surface area is 205 Å². The minimum absolute atomic E-state index is 0.0908. The highest BCUT2D eigenvalue weighted by Crippen LogP contribution is 2.32. The van der Waals surface area contributed by atoms with Crippen LogP contribution in [0, 0.1) is 6.92 Å². The normalized spacial score (nSPS) is 12.7. The number of rotatable bonds is 6. The lowest BCUT2D eigenvalue weighted by Gasteiger charge is -2.14. The first-order valence-corrected chi connectivity index (χ1v) is 11.2. The molecule has 5 rings (SSSR count). The standard InChI is InChI=1S/C28H21NO7/c1-16-7-12-22-21(15-16)24(31)26(25(35-22)17-8-10-18(34-2)11-9-17)36-23(30)13-14-29-27(32)19-5-3-4-6-20(19)28(29)33/h3-12,15H,13-14H2,1-2H3. The van der Waals surface area contributed by atoms with Gasteiger partial charge < -0.3 is 13.9 Å². The molecule has 36 heavy (non-hydrogen) atoms. The number of ether oxygens (including phenoxy) is 2. The van der Waals surface area contributed by atoms with Crippen molar-refractivity contribution in [3.05, 3.63) is 93.6 Å². The monoisotopic (exact) mass is 483 g/mol. The summed E-state index contributed by atoms with van der Waals surface area (Å²) in [6.45, 7) is 1.66. The molecule has 0 fully saturated rings. The summed E-state index contributed by atoms with van der Waals surface area (Å²) in [7, 11) is 1.54. The highest BCUT2D eigenvalue weighted by Gasteiger charge is 2.35. The Morgan fingerprint density at radius 3 is 2.22 bits per heavy atom. The molecular weight excluding hydrogens is 462 g/mol. The van der Waals surface area contributed by atoms with Gasteiger partial charge in [0.15, 0.2) is 5.76 Å². The highest BCUT2D eigenvalue weighted by atomic mass is 16.5. The quantitative estimate of drug-likeness (QED) is 0.296. The van der Waals surface area contributed by atoms with E-state index in [0.29, 0.717) is 28.0 Å². The fraction of sp³-hybridized carbons (Fsp3) is 0.143. The van der Waals surface area contributed by atoms with Crippen LogP contribution in [-0.4, -0.2) is 36.3 Å². The van der Waals surface area contributed by atoms with Crippen LogP contribution < -0.4 is 14.9 Å². The summed E-state index contributed by atoms with van der Waals surface area (Å²) in [6, 6.07) is 18.4. The van der Waals surface area contributed by atoms with Crippen molar-refractivity contribution >= 4 is 28.8 Å². The fourth-order valence-electron chi connectivity index (χ4n) is 4.13. The van der Waals surface area contributed by atoms with E-state index in [1.54, 1.807) is 60.7 Å². The fourth-order valence-corrected chi connectivity index (χ4v) is 4.13. The topological polar surface area (TPSA) is 103 Å². The summed E-state index contributed by atoms with van der Waals surface area (Å²) >= 11 is 0. The maximum atomic E-state index is 13.4. The zero-order valence-corrected chi connectivity index (χ0v) is 19.6. The largest absolute Gasteiger partial charge is 0.497 e. The molecule has 0 saturated carbocycles. The summed E-state index contributed by atoms with van der Waals surface area (Å²) in [6.07, 6.45) is -0.293. The summed E-state index contributed by atoms with van der Waals surface area (Å²) in [5.74, 6) is -1.28. The lowest BCUT2D eigenvalue weighted by atomic mass is 10.1. The van der Waals surface area contributed by atoms with Crippen molar-refractivity contribution in [3.63, 3.8) is 0 Å². The van der Waals surface area contributed by atoms with Gasteiger partial charge in [0.2, 0.25) is 11.2 Å². The molecule has 0 N–H and O–H groups in total. The third kappa shape index (κ3) is 4.02. The van der Waals surface area contributed by atoms with Gasteiger partial charge in [0.05, 0.1) is 30.0 Å². The summed E-state index contributed by atoms with van der Waals surface area (Å²) < 4.78 is 16.7. The zero-order chi connectivity index (χ0) is 25.4. The van der Waals surface area contributed by atoms with Gasteiger partial charge in [-0.25, -0.2) is 0 Å². The Morgan fingerprint density at radius 2 is 1.58 bits per heavy atom. The molecule has 0 radical (unpaired) electrons. The van der Waals surface area contributed by atoms with E-state index in [2.05, 4.69) is 0 Å². The molecule has 180 valence electrons. The maximum Gasteiger partial charge on any atom is 0.313 e. The van der Waals surface area contributed by atoms with Crippen LogP contribution in [0.1, 0.15) is 32.7 Å². The zero-order valence-electron chi connectivity index (χ0n) is 19.6.